The van der Waals surface area contributed by atoms with Gasteiger partial charge < -0.3 is 4.74 Å². The molecule has 2 aromatic carbocycles. The Labute approximate surface area is 155 Å². The summed E-state index contributed by atoms with van der Waals surface area (Å²) >= 11 is 1.33. The van der Waals surface area contributed by atoms with Crippen LogP contribution in [0.4, 0.5) is 5.69 Å². The number of para-hydroxylation sites is 1. The number of hydrogen-bond acceptors (Lipinski definition) is 5. The molecule has 1 fully saturated rings. The molecule has 0 unspecified atom stereocenters. The van der Waals surface area contributed by atoms with E-state index in [2.05, 4.69) is 0 Å². The van der Waals surface area contributed by atoms with Gasteiger partial charge in [-0.3, -0.25) is 14.5 Å². The number of carbonyl (C=O) groups is 3. The lowest BCUT2D eigenvalue weighted by Crippen LogP contribution is -2.49. The third-order valence-electron chi connectivity index (χ3n) is 4.70. The van der Waals surface area contributed by atoms with Crippen molar-refractivity contribution in [3.8, 4) is 0 Å². The molecule has 2 aliphatic heterocycles. The number of hydrogen-bond donors (Lipinski definition) is 0. The first kappa shape index (κ1) is 16.8. The molecule has 0 aromatic heterocycles. The number of carbonyl (C=O) groups excluding carboxylic acids is 3. The highest BCUT2D eigenvalue weighted by atomic mass is 32.2. The minimum atomic E-state index is -1.11. The summed E-state index contributed by atoms with van der Waals surface area (Å²) < 4.78 is 5.53. The van der Waals surface area contributed by atoms with Gasteiger partial charge in [-0.05, 0) is 19.1 Å². The van der Waals surface area contributed by atoms with Crippen molar-refractivity contribution in [2.75, 3.05) is 4.90 Å². The number of esters is 1. The summed E-state index contributed by atoms with van der Waals surface area (Å²) in [6.07, 6.45) is -0.255. The van der Waals surface area contributed by atoms with Gasteiger partial charge in [-0.2, -0.15) is 0 Å². The van der Waals surface area contributed by atoms with Crippen molar-refractivity contribution in [2.45, 2.75) is 35.6 Å². The van der Waals surface area contributed by atoms with E-state index < -0.39 is 16.9 Å². The smallest absolute Gasteiger partial charge is 0.344 e. The second-order valence-electron chi connectivity index (χ2n) is 6.36. The molecule has 1 amide bonds. The highest BCUT2D eigenvalue weighted by molar-refractivity contribution is 8.02. The minimum absolute atomic E-state index is 0.0959. The van der Waals surface area contributed by atoms with E-state index in [1.165, 1.54) is 16.7 Å². The van der Waals surface area contributed by atoms with E-state index in [0.717, 1.165) is 10.6 Å². The summed E-state index contributed by atoms with van der Waals surface area (Å²) in [5, 5.41) is 0. The summed E-state index contributed by atoms with van der Waals surface area (Å²) in [4.78, 5) is 39.2. The van der Waals surface area contributed by atoms with Crippen molar-refractivity contribution in [1.29, 1.82) is 0 Å². The normalized spacial score (nSPS) is 21.9. The maximum absolute atomic E-state index is 13.0. The number of rotatable bonds is 4. The number of nitrogens with zero attached hydrogens (tertiary/aromatic N) is 1. The van der Waals surface area contributed by atoms with Crippen molar-refractivity contribution in [3.05, 3.63) is 60.2 Å². The van der Waals surface area contributed by atoms with Crippen LogP contribution in [0, 0.1) is 0 Å². The fourth-order valence-electron chi connectivity index (χ4n) is 3.42. The van der Waals surface area contributed by atoms with Crippen LogP contribution in [-0.4, -0.2) is 28.6 Å². The average Bonchev–Trinajstić information content (AvgIpc) is 3.17. The third kappa shape index (κ3) is 2.52. The van der Waals surface area contributed by atoms with Crippen molar-refractivity contribution >= 4 is 35.1 Å². The summed E-state index contributed by atoms with van der Waals surface area (Å²) in [7, 11) is 0. The van der Waals surface area contributed by atoms with Crippen LogP contribution in [0.2, 0.25) is 0 Å². The molecule has 0 spiro atoms. The average molecular weight is 367 g/mol. The molecular formula is C20H17NO4S. The fraction of sp³-hybridized carbons (Fsp3) is 0.250. The van der Waals surface area contributed by atoms with E-state index in [1.54, 1.807) is 31.2 Å². The third-order valence-corrected chi connectivity index (χ3v) is 6.16. The molecule has 0 radical (unpaired) electrons. The minimum Gasteiger partial charge on any atom is -0.452 e. The van der Waals surface area contributed by atoms with Crippen LogP contribution >= 0.6 is 11.8 Å². The number of ether oxygens (including phenoxy) is 1. The largest absolute Gasteiger partial charge is 0.452 e. The first-order valence-corrected chi connectivity index (χ1v) is 9.26. The van der Waals surface area contributed by atoms with Gasteiger partial charge in [0.1, 0.15) is 0 Å². The molecule has 0 aliphatic carbocycles. The summed E-state index contributed by atoms with van der Waals surface area (Å²) in [5.41, 5.74) is 1.23. The van der Waals surface area contributed by atoms with Gasteiger partial charge in [0.2, 0.25) is 11.7 Å². The zero-order valence-electron chi connectivity index (χ0n) is 14.2. The molecular weight excluding hydrogens is 350 g/mol. The van der Waals surface area contributed by atoms with Crippen molar-refractivity contribution in [1.82, 2.24) is 0 Å². The Morgan fingerprint density at radius 3 is 2.58 bits per heavy atom. The Bertz CT molecular complexity index is 898. The maximum atomic E-state index is 13.0. The molecule has 26 heavy (non-hydrogen) atoms. The zero-order valence-corrected chi connectivity index (χ0v) is 15.0. The predicted molar refractivity (Wildman–Crippen MR) is 98.1 cm³/mol. The zero-order chi connectivity index (χ0) is 18.3. The van der Waals surface area contributed by atoms with E-state index in [0.29, 0.717) is 12.0 Å². The monoisotopic (exact) mass is 367 g/mol. The van der Waals surface area contributed by atoms with E-state index in [-0.39, 0.29) is 18.1 Å². The quantitative estimate of drug-likeness (QED) is 0.612. The number of Topliss-reactive ketones (excluding diaryl/α,β-unsaturated/α-hetero) is 1. The SMILES string of the molecule is C[C@H](OC(=O)[C@@]12CCC(=O)N1c1ccccc1S2)C(=O)c1ccccc1. The van der Waals surface area contributed by atoms with E-state index in [9.17, 15) is 14.4 Å². The van der Waals surface area contributed by atoms with Crippen LogP contribution in [0.3, 0.4) is 0 Å². The highest BCUT2D eigenvalue weighted by Crippen LogP contribution is 2.56. The lowest BCUT2D eigenvalue weighted by molar-refractivity contribution is -0.149. The number of amides is 1. The highest BCUT2D eigenvalue weighted by Gasteiger charge is 2.58. The van der Waals surface area contributed by atoms with Gasteiger partial charge in [0.25, 0.3) is 0 Å². The van der Waals surface area contributed by atoms with Crippen molar-refractivity contribution in [3.63, 3.8) is 0 Å². The topological polar surface area (TPSA) is 63.7 Å². The number of anilines is 1. The first-order chi connectivity index (χ1) is 12.5. The molecule has 132 valence electrons. The Kier molecular flexibility index (Phi) is 4.07. The van der Waals surface area contributed by atoms with Crippen LogP contribution in [0.15, 0.2) is 59.5 Å². The lowest BCUT2D eigenvalue weighted by Gasteiger charge is -2.29. The number of ketones is 1. The molecule has 6 heteroatoms. The Balaban J connectivity index is 1.58. The first-order valence-electron chi connectivity index (χ1n) is 8.44. The molecule has 4 rings (SSSR count). The second kappa shape index (κ2) is 6.29. The number of thioether (sulfide) groups is 1. The lowest BCUT2D eigenvalue weighted by atomic mass is 10.1. The fourth-order valence-corrected chi connectivity index (χ4v) is 4.82. The van der Waals surface area contributed by atoms with Crippen molar-refractivity contribution < 1.29 is 19.1 Å². The Morgan fingerprint density at radius 2 is 1.81 bits per heavy atom. The van der Waals surface area contributed by atoms with Gasteiger partial charge in [-0.25, -0.2) is 4.79 Å². The Hall–Kier alpha value is -2.60. The summed E-state index contributed by atoms with van der Waals surface area (Å²) in [5.74, 6) is -0.894. The number of benzene rings is 2. The van der Waals surface area contributed by atoms with Crippen LogP contribution in [0.1, 0.15) is 30.1 Å². The molecule has 2 aliphatic rings. The van der Waals surface area contributed by atoms with Gasteiger partial charge in [-0.1, -0.05) is 54.2 Å². The van der Waals surface area contributed by atoms with E-state index >= 15 is 0 Å². The second-order valence-corrected chi connectivity index (χ2v) is 7.68. The molecule has 1 saturated heterocycles. The van der Waals surface area contributed by atoms with Crippen LogP contribution < -0.4 is 4.90 Å². The van der Waals surface area contributed by atoms with Crippen LogP contribution in [0.25, 0.3) is 0 Å². The predicted octanol–water partition coefficient (Wildman–Crippen LogP) is 3.43. The Morgan fingerprint density at radius 1 is 1.12 bits per heavy atom. The molecule has 0 N–H and O–H groups in total. The van der Waals surface area contributed by atoms with Gasteiger partial charge in [0.05, 0.1) is 5.69 Å². The molecule has 2 aromatic rings. The molecule has 5 nitrogen and oxygen atoms in total. The van der Waals surface area contributed by atoms with E-state index in [1.807, 2.05) is 30.3 Å². The van der Waals surface area contributed by atoms with Crippen LogP contribution in [0.5, 0.6) is 0 Å². The van der Waals surface area contributed by atoms with Gasteiger partial charge in [0, 0.05) is 23.3 Å². The van der Waals surface area contributed by atoms with E-state index in [4.69, 9.17) is 4.74 Å². The molecule has 0 saturated carbocycles. The summed E-state index contributed by atoms with van der Waals surface area (Å²) in [6.45, 7) is 1.57. The summed E-state index contributed by atoms with van der Waals surface area (Å²) in [6, 6.07) is 16.2. The maximum Gasteiger partial charge on any atom is 0.344 e. The number of fused-ring (bicyclic) bond motifs is 3. The molecule has 2 atom stereocenters. The van der Waals surface area contributed by atoms with Gasteiger partial charge in [0.15, 0.2) is 11.0 Å². The van der Waals surface area contributed by atoms with Crippen molar-refractivity contribution in [2.24, 2.45) is 0 Å². The van der Waals surface area contributed by atoms with Crippen LogP contribution in [-0.2, 0) is 14.3 Å². The molecule has 2 heterocycles. The van der Waals surface area contributed by atoms with Gasteiger partial charge in [-0.15, -0.1) is 0 Å². The molecule has 0 bridgehead atoms. The van der Waals surface area contributed by atoms with Gasteiger partial charge >= 0.3 is 5.97 Å². The standard InChI is InChI=1S/C20H17NO4S/c1-13(18(23)14-7-3-2-4-8-14)25-19(24)20-12-11-17(22)21(20)15-9-5-6-10-16(15)26-20/h2-10,13H,11-12H2,1H3/t13-,20-/m0/s1.